The topological polar surface area (TPSA) is 50.8 Å². The van der Waals surface area contributed by atoms with E-state index in [-0.39, 0.29) is 0 Å². The number of methoxy groups -OCH3 is 1. The molecular weight excluding hydrogens is 286 g/mol. The Labute approximate surface area is 133 Å². The third-order valence-electron chi connectivity index (χ3n) is 3.96. The lowest BCUT2D eigenvalue weighted by atomic mass is 9.99. The number of pyridine rings is 1. The van der Waals surface area contributed by atoms with Gasteiger partial charge in [-0.2, -0.15) is 5.10 Å². The Morgan fingerprint density at radius 3 is 2.57 bits per heavy atom. The maximum Gasteiger partial charge on any atom is 0.118 e. The second-order valence-electron chi connectivity index (χ2n) is 5.26. The fraction of sp³-hybridized carbons (Fsp3) is 0.0526. The number of rotatable bonds is 3. The summed E-state index contributed by atoms with van der Waals surface area (Å²) < 4.78 is 5.23. The van der Waals surface area contributed by atoms with Crippen molar-refractivity contribution in [3.05, 3.63) is 67.0 Å². The molecule has 23 heavy (non-hydrogen) atoms. The molecule has 0 saturated heterocycles. The highest BCUT2D eigenvalue weighted by Gasteiger charge is 2.12. The average Bonchev–Trinajstić information content (AvgIpc) is 3.11. The van der Waals surface area contributed by atoms with Crippen molar-refractivity contribution in [2.45, 2.75) is 0 Å². The summed E-state index contributed by atoms with van der Waals surface area (Å²) in [5.41, 5.74) is 5.22. The van der Waals surface area contributed by atoms with Gasteiger partial charge in [0.25, 0.3) is 0 Å². The number of aromatic amines is 1. The van der Waals surface area contributed by atoms with Gasteiger partial charge in [-0.3, -0.25) is 10.1 Å². The number of para-hydroxylation sites is 1. The number of ether oxygens (including phenoxy) is 1. The number of fused-ring (bicyclic) bond motifs is 1. The molecule has 0 fully saturated rings. The molecule has 0 aliphatic rings. The first-order valence-corrected chi connectivity index (χ1v) is 7.39. The minimum Gasteiger partial charge on any atom is -0.497 e. The Kier molecular flexibility index (Phi) is 3.27. The zero-order valence-electron chi connectivity index (χ0n) is 12.7. The van der Waals surface area contributed by atoms with Gasteiger partial charge in [-0.05, 0) is 29.8 Å². The van der Waals surface area contributed by atoms with Crippen molar-refractivity contribution in [3.63, 3.8) is 0 Å². The predicted octanol–water partition coefficient (Wildman–Crippen LogP) is 4.30. The van der Waals surface area contributed by atoms with Crippen molar-refractivity contribution >= 4 is 10.9 Å². The number of H-pyrrole nitrogens is 1. The molecule has 0 amide bonds. The van der Waals surface area contributed by atoms with E-state index in [9.17, 15) is 0 Å². The minimum atomic E-state index is 0.841. The van der Waals surface area contributed by atoms with E-state index in [0.717, 1.165) is 39.0 Å². The molecule has 0 radical (unpaired) electrons. The maximum atomic E-state index is 5.23. The molecule has 4 nitrogen and oxygen atoms in total. The van der Waals surface area contributed by atoms with E-state index in [0.29, 0.717) is 0 Å². The molecule has 112 valence electrons. The molecule has 4 aromatic rings. The highest BCUT2D eigenvalue weighted by Crippen LogP contribution is 2.34. The summed E-state index contributed by atoms with van der Waals surface area (Å²) in [7, 11) is 1.67. The predicted molar refractivity (Wildman–Crippen MR) is 91.3 cm³/mol. The van der Waals surface area contributed by atoms with Crippen molar-refractivity contribution in [3.8, 4) is 28.1 Å². The van der Waals surface area contributed by atoms with E-state index >= 15 is 0 Å². The zero-order chi connectivity index (χ0) is 15.6. The molecule has 2 aromatic heterocycles. The molecular formula is C19H15N3O. The second-order valence-corrected chi connectivity index (χ2v) is 5.26. The Bertz CT molecular complexity index is 952. The summed E-state index contributed by atoms with van der Waals surface area (Å²) in [5, 5.41) is 8.49. The molecule has 2 aromatic carbocycles. The summed E-state index contributed by atoms with van der Waals surface area (Å²) in [6.07, 6.45) is 3.68. The average molecular weight is 301 g/mol. The molecule has 0 atom stereocenters. The lowest BCUT2D eigenvalue weighted by Gasteiger charge is -2.08. The molecule has 0 aliphatic heterocycles. The smallest absolute Gasteiger partial charge is 0.118 e. The van der Waals surface area contributed by atoms with Crippen LogP contribution in [-0.4, -0.2) is 22.3 Å². The van der Waals surface area contributed by atoms with E-state index in [1.54, 1.807) is 7.11 Å². The largest absolute Gasteiger partial charge is 0.497 e. The van der Waals surface area contributed by atoms with Gasteiger partial charge in [0.1, 0.15) is 5.75 Å². The third kappa shape index (κ3) is 2.34. The van der Waals surface area contributed by atoms with Crippen molar-refractivity contribution in [2.24, 2.45) is 0 Å². The highest BCUT2D eigenvalue weighted by atomic mass is 16.5. The van der Waals surface area contributed by atoms with Gasteiger partial charge in [0.05, 0.1) is 24.5 Å². The van der Waals surface area contributed by atoms with Gasteiger partial charge in [0.2, 0.25) is 0 Å². The summed E-state index contributed by atoms with van der Waals surface area (Å²) in [5.74, 6) is 0.841. The van der Waals surface area contributed by atoms with E-state index in [1.807, 2.05) is 60.9 Å². The molecule has 0 bridgehead atoms. The van der Waals surface area contributed by atoms with Crippen LogP contribution in [0.3, 0.4) is 0 Å². The number of hydrogen-bond donors (Lipinski definition) is 1. The first-order valence-electron chi connectivity index (χ1n) is 7.39. The standard InChI is InChI=1S/C19H15N3O/c1-23-14-8-6-13(7-9-14)17-12-21-22-19(17)16-10-11-20-18-5-3-2-4-15(16)18/h2-12H,1H3,(H,21,22). The molecule has 4 heteroatoms. The summed E-state index contributed by atoms with van der Waals surface area (Å²) >= 11 is 0. The van der Waals surface area contributed by atoms with Gasteiger partial charge in [0.15, 0.2) is 0 Å². The Hall–Kier alpha value is -3.14. The van der Waals surface area contributed by atoms with Gasteiger partial charge in [-0.1, -0.05) is 30.3 Å². The third-order valence-corrected chi connectivity index (χ3v) is 3.96. The van der Waals surface area contributed by atoms with Crippen LogP contribution in [0.2, 0.25) is 0 Å². The molecule has 1 N–H and O–H groups in total. The number of nitrogens with one attached hydrogen (secondary N) is 1. The van der Waals surface area contributed by atoms with Crippen LogP contribution >= 0.6 is 0 Å². The zero-order valence-corrected chi connectivity index (χ0v) is 12.7. The quantitative estimate of drug-likeness (QED) is 0.614. The first-order chi connectivity index (χ1) is 11.4. The number of nitrogens with zero attached hydrogens (tertiary/aromatic N) is 2. The Morgan fingerprint density at radius 2 is 1.74 bits per heavy atom. The molecule has 0 spiro atoms. The van der Waals surface area contributed by atoms with Crippen molar-refractivity contribution in [1.82, 2.24) is 15.2 Å². The summed E-state index contributed by atoms with van der Waals surface area (Å²) in [4.78, 5) is 4.43. The van der Waals surface area contributed by atoms with Crippen LogP contribution in [0.5, 0.6) is 5.75 Å². The molecule has 0 unspecified atom stereocenters. The van der Waals surface area contributed by atoms with Crippen LogP contribution in [0.1, 0.15) is 0 Å². The number of benzene rings is 2. The Morgan fingerprint density at radius 1 is 0.913 bits per heavy atom. The van der Waals surface area contributed by atoms with Crippen LogP contribution < -0.4 is 4.74 Å². The van der Waals surface area contributed by atoms with Crippen LogP contribution in [0, 0.1) is 0 Å². The van der Waals surface area contributed by atoms with Crippen molar-refractivity contribution < 1.29 is 4.74 Å². The van der Waals surface area contributed by atoms with Gasteiger partial charge in [0, 0.05) is 22.7 Å². The van der Waals surface area contributed by atoms with Crippen LogP contribution in [-0.2, 0) is 0 Å². The summed E-state index contributed by atoms with van der Waals surface area (Å²) in [6, 6.07) is 18.1. The first kappa shape index (κ1) is 13.5. The fourth-order valence-electron chi connectivity index (χ4n) is 2.79. The maximum absolute atomic E-state index is 5.23. The number of hydrogen-bond acceptors (Lipinski definition) is 3. The molecule has 2 heterocycles. The monoisotopic (exact) mass is 301 g/mol. The highest BCUT2D eigenvalue weighted by molar-refractivity contribution is 5.97. The van der Waals surface area contributed by atoms with Crippen molar-refractivity contribution in [1.29, 1.82) is 0 Å². The van der Waals surface area contributed by atoms with Crippen LogP contribution in [0.15, 0.2) is 67.0 Å². The fourth-order valence-corrected chi connectivity index (χ4v) is 2.79. The van der Waals surface area contributed by atoms with Gasteiger partial charge < -0.3 is 4.74 Å². The minimum absolute atomic E-state index is 0.841. The van der Waals surface area contributed by atoms with Crippen molar-refractivity contribution in [2.75, 3.05) is 7.11 Å². The SMILES string of the molecule is COc1ccc(-c2cn[nH]c2-c2ccnc3ccccc23)cc1. The summed E-state index contributed by atoms with van der Waals surface area (Å²) in [6.45, 7) is 0. The van der Waals surface area contributed by atoms with Gasteiger partial charge in [-0.25, -0.2) is 0 Å². The molecule has 4 rings (SSSR count). The normalized spacial score (nSPS) is 10.8. The van der Waals surface area contributed by atoms with E-state index in [2.05, 4.69) is 21.2 Å². The second kappa shape index (κ2) is 5.57. The lowest BCUT2D eigenvalue weighted by molar-refractivity contribution is 0.415. The van der Waals surface area contributed by atoms with Crippen LogP contribution in [0.4, 0.5) is 0 Å². The van der Waals surface area contributed by atoms with E-state index in [4.69, 9.17) is 4.74 Å². The van der Waals surface area contributed by atoms with Crippen LogP contribution in [0.25, 0.3) is 33.3 Å². The van der Waals surface area contributed by atoms with Gasteiger partial charge >= 0.3 is 0 Å². The van der Waals surface area contributed by atoms with E-state index < -0.39 is 0 Å². The van der Waals surface area contributed by atoms with Gasteiger partial charge in [-0.15, -0.1) is 0 Å². The molecule has 0 aliphatic carbocycles. The number of aromatic nitrogens is 3. The molecule has 0 saturated carbocycles. The Balaban J connectivity index is 1.88. The lowest BCUT2D eigenvalue weighted by Crippen LogP contribution is -1.87. The van der Waals surface area contributed by atoms with E-state index in [1.165, 1.54) is 0 Å².